The van der Waals surface area contributed by atoms with Crippen molar-refractivity contribution in [2.24, 2.45) is 5.92 Å². The molecular formula is C25H25F3N2O2. The normalized spacial score (nSPS) is 17.5. The number of benzene rings is 2. The number of anilines is 1. The average molecular weight is 442 g/mol. The van der Waals surface area contributed by atoms with E-state index in [1.54, 1.807) is 22.0 Å². The fourth-order valence-corrected chi connectivity index (χ4v) is 4.41. The van der Waals surface area contributed by atoms with Crippen molar-refractivity contribution in [3.63, 3.8) is 0 Å². The molecule has 32 heavy (non-hydrogen) atoms. The van der Waals surface area contributed by atoms with Crippen molar-refractivity contribution in [3.8, 4) is 0 Å². The molecule has 0 unspecified atom stereocenters. The number of carbonyl (C=O) groups is 2. The lowest BCUT2D eigenvalue weighted by molar-refractivity contribution is -0.137. The van der Waals surface area contributed by atoms with E-state index in [2.05, 4.69) is 0 Å². The predicted molar refractivity (Wildman–Crippen MR) is 117 cm³/mol. The standard InChI is InChI=1S/C25H25F3N2O2/c26-25(27,28)21-9-10-22-20(17-21)7-4-14-30(22)24(32)19-12-15-29(16-13-19)23(31)11-8-18-5-2-1-3-6-18/h1-3,5-6,8-11,17,19H,4,7,12-16H2/b11-8+. The van der Waals surface area contributed by atoms with Gasteiger partial charge >= 0.3 is 6.18 Å². The average Bonchev–Trinajstić information content (AvgIpc) is 2.81. The van der Waals surface area contributed by atoms with Gasteiger partial charge in [-0.15, -0.1) is 0 Å². The van der Waals surface area contributed by atoms with E-state index in [0.717, 1.165) is 17.7 Å². The third kappa shape index (κ3) is 4.87. The molecule has 4 nitrogen and oxygen atoms in total. The molecular weight excluding hydrogens is 417 g/mol. The lowest BCUT2D eigenvalue weighted by Crippen LogP contribution is -2.45. The molecule has 0 radical (unpaired) electrons. The lowest BCUT2D eigenvalue weighted by atomic mass is 9.92. The number of rotatable bonds is 3. The van der Waals surface area contributed by atoms with E-state index >= 15 is 0 Å². The highest BCUT2D eigenvalue weighted by Gasteiger charge is 2.35. The number of likely N-dealkylation sites (tertiary alicyclic amines) is 1. The summed E-state index contributed by atoms with van der Waals surface area (Å²) < 4.78 is 39.1. The van der Waals surface area contributed by atoms with Gasteiger partial charge < -0.3 is 9.80 Å². The topological polar surface area (TPSA) is 40.6 Å². The Morgan fingerprint density at radius 2 is 1.69 bits per heavy atom. The lowest BCUT2D eigenvalue weighted by Gasteiger charge is -2.36. The van der Waals surface area contributed by atoms with Crippen molar-refractivity contribution in [3.05, 3.63) is 71.3 Å². The molecule has 2 aliphatic rings. The van der Waals surface area contributed by atoms with Gasteiger partial charge in [-0.3, -0.25) is 9.59 Å². The molecule has 0 aliphatic carbocycles. The molecule has 0 atom stereocenters. The summed E-state index contributed by atoms with van der Waals surface area (Å²) in [5, 5.41) is 0. The summed E-state index contributed by atoms with van der Waals surface area (Å²) in [5.74, 6) is -0.370. The summed E-state index contributed by atoms with van der Waals surface area (Å²) >= 11 is 0. The SMILES string of the molecule is O=C(/C=C/c1ccccc1)N1CCC(C(=O)N2CCCc3cc(C(F)(F)F)ccc32)CC1. The molecule has 168 valence electrons. The summed E-state index contributed by atoms with van der Waals surface area (Å²) in [7, 11) is 0. The van der Waals surface area contributed by atoms with Gasteiger partial charge in [0.1, 0.15) is 0 Å². The Bertz CT molecular complexity index is 1010. The molecule has 4 rings (SSSR count). The van der Waals surface area contributed by atoms with Gasteiger partial charge in [-0.2, -0.15) is 13.2 Å². The molecule has 1 fully saturated rings. The number of hydrogen-bond donors (Lipinski definition) is 0. The van der Waals surface area contributed by atoms with Crippen LogP contribution in [-0.2, 0) is 22.2 Å². The van der Waals surface area contributed by atoms with Crippen molar-refractivity contribution in [1.82, 2.24) is 4.90 Å². The maximum atomic E-state index is 13.2. The van der Waals surface area contributed by atoms with E-state index in [1.807, 2.05) is 30.3 Å². The highest BCUT2D eigenvalue weighted by molar-refractivity contribution is 5.97. The third-order valence-corrected chi connectivity index (χ3v) is 6.17. The number of aryl methyl sites for hydroxylation is 1. The quantitative estimate of drug-likeness (QED) is 0.632. The van der Waals surface area contributed by atoms with Crippen LogP contribution in [0.25, 0.3) is 6.08 Å². The van der Waals surface area contributed by atoms with Crippen molar-refractivity contribution in [2.45, 2.75) is 31.9 Å². The zero-order valence-electron chi connectivity index (χ0n) is 17.6. The van der Waals surface area contributed by atoms with Gasteiger partial charge in [-0.25, -0.2) is 0 Å². The number of amides is 2. The number of alkyl halides is 3. The van der Waals surface area contributed by atoms with Crippen LogP contribution in [0.15, 0.2) is 54.6 Å². The molecule has 0 N–H and O–H groups in total. The third-order valence-electron chi connectivity index (χ3n) is 6.17. The summed E-state index contributed by atoms with van der Waals surface area (Å²) in [5.41, 5.74) is 1.42. The zero-order chi connectivity index (χ0) is 22.7. The van der Waals surface area contributed by atoms with E-state index in [-0.39, 0.29) is 17.7 Å². The first-order valence-corrected chi connectivity index (χ1v) is 10.9. The summed E-state index contributed by atoms with van der Waals surface area (Å²) in [6.07, 6.45) is 1.21. The number of halogens is 3. The second-order valence-electron chi connectivity index (χ2n) is 8.28. The van der Waals surface area contributed by atoms with Crippen LogP contribution in [0.1, 0.15) is 36.0 Å². The molecule has 2 aromatic rings. The van der Waals surface area contributed by atoms with E-state index in [4.69, 9.17) is 0 Å². The zero-order valence-corrected chi connectivity index (χ0v) is 17.6. The fraction of sp³-hybridized carbons (Fsp3) is 0.360. The predicted octanol–water partition coefficient (Wildman–Crippen LogP) is 4.94. The summed E-state index contributed by atoms with van der Waals surface area (Å²) in [4.78, 5) is 29.0. The van der Waals surface area contributed by atoms with Gasteiger partial charge in [0.05, 0.1) is 5.56 Å². The van der Waals surface area contributed by atoms with Crippen molar-refractivity contribution in [1.29, 1.82) is 0 Å². The molecule has 0 aromatic heterocycles. The molecule has 2 amide bonds. The van der Waals surface area contributed by atoms with E-state index < -0.39 is 11.7 Å². The molecule has 0 saturated carbocycles. The van der Waals surface area contributed by atoms with Gasteiger partial charge in [-0.05, 0) is 61.1 Å². The number of fused-ring (bicyclic) bond motifs is 1. The number of piperidine rings is 1. The Morgan fingerprint density at radius 1 is 0.969 bits per heavy atom. The molecule has 0 bridgehead atoms. The van der Waals surface area contributed by atoms with Crippen molar-refractivity contribution in [2.75, 3.05) is 24.5 Å². The molecule has 2 aliphatic heterocycles. The van der Waals surface area contributed by atoms with Crippen LogP contribution in [0.5, 0.6) is 0 Å². The van der Waals surface area contributed by atoms with E-state index in [9.17, 15) is 22.8 Å². The minimum atomic E-state index is -4.39. The maximum absolute atomic E-state index is 13.2. The first kappa shape index (κ1) is 22.1. The first-order chi connectivity index (χ1) is 15.3. The van der Waals surface area contributed by atoms with Crippen LogP contribution >= 0.6 is 0 Å². The molecule has 7 heteroatoms. The Balaban J connectivity index is 1.38. The Morgan fingerprint density at radius 3 is 2.38 bits per heavy atom. The second-order valence-corrected chi connectivity index (χ2v) is 8.28. The largest absolute Gasteiger partial charge is 0.416 e. The van der Waals surface area contributed by atoms with E-state index in [1.165, 1.54) is 6.07 Å². The van der Waals surface area contributed by atoms with Crippen LogP contribution in [0, 0.1) is 5.92 Å². The molecule has 0 spiro atoms. The van der Waals surface area contributed by atoms with Gasteiger partial charge in [-0.1, -0.05) is 30.3 Å². The van der Waals surface area contributed by atoms with Gasteiger partial charge in [0, 0.05) is 37.3 Å². The summed E-state index contributed by atoms with van der Waals surface area (Å²) in [6, 6.07) is 13.2. The monoisotopic (exact) mass is 442 g/mol. The van der Waals surface area contributed by atoms with Gasteiger partial charge in [0.25, 0.3) is 0 Å². The van der Waals surface area contributed by atoms with Crippen molar-refractivity contribution < 1.29 is 22.8 Å². The van der Waals surface area contributed by atoms with Crippen LogP contribution in [-0.4, -0.2) is 36.3 Å². The first-order valence-electron chi connectivity index (χ1n) is 10.9. The number of hydrogen-bond acceptors (Lipinski definition) is 2. The molecule has 2 heterocycles. The van der Waals surface area contributed by atoms with Crippen molar-refractivity contribution >= 4 is 23.6 Å². The van der Waals surface area contributed by atoms with Crippen LogP contribution in [0.4, 0.5) is 18.9 Å². The second kappa shape index (κ2) is 9.18. The fourth-order valence-electron chi connectivity index (χ4n) is 4.41. The van der Waals surface area contributed by atoms with Crippen LogP contribution in [0.2, 0.25) is 0 Å². The Labute approximate surface area is 185 Å². The Hall–Kier alpha value is -3.09. The molecule has 1 saturated heterocycles. The van der Waals surface area contributed by atoms with Crippen LogP contribution in [0.3, 0.4) is 0 Å². The highest BCUT2D eigenvalue weighted by atomic mass is 19.4. The Kier molecular flexibility index (Phi) is 6.35. The maximum Gasteiger partial charge on any atom is 0.416 e. The summed E-state index contributed by atoms with van der Waals surface area (Å²) in [6.45, 7) is 1.49. The van der Waals surface area contributed by atoms with Crippen LogP contribution < -0.4 is 4.90 Å². The number of carbonyl (C=O) groups excluding carboxylic acids is 2. The van der Waals surface area contributed by atoms with E-state index in [0.29, 0.717) is 56.6 Å². The minimum Gasteiger partial charge on any atom is -0.339 e. The van der Waals surface area contributed by atoms with Gasteiger partial charge in [0.2, 0.25) is 11.8 Å². The highest BCUT2D eigenvalue weighted by Crippen LogP contribution is 2.36. The smallest absolute Gasteiger partial charge is 0.339 e. The molecule has 2 aromatic carbocycles. The van der Waals surface area contributed by atoms with Gasteiger partial charge in [0.15, 0.2) is 0 Å². The minimum absolute atomic E-state index is 0.0577. The number of nitrogens with zero attached hydrogens (tertiary/aromatic N) is 2.